The van der Waals surface area contributed by atoms with E-state index in [1.807, 2.05) is 16.0 Å². The number of amides is 4. The number of aliphatic carboxylic acids is 3. The third-order valence-electron chi connectivity index (χ3n) is 3.52. The van der Waals surface area contributed by atoms with Gasteiger partial charge in [-0.05, 0) is 6.42 Å². The molecule has 0 heterocycles. The van der Waals surface area contributed by atoms with Gasteiger partial charge < -0.3 is 42.7 Å². The molecule has 30 heavy (non-hydrogen) atoms. The third kappa shape index (κ3) is 10.5. The minimum absolute atomic E-state index is 0.390. The Bertz CT molecular complexity index is 710. The predicted octanol–water partition coefficient (Wildman–Crippen LogP) is -4.30. The highest BCUT2D eigenvalue weighted by Crippen LogP contribution is 2.02. The topological polar surface area (TPSA) is 268 Å². The smallest absolute Gasteiger partial charge is 0.326 e. The summed E-state index contributed by atoms with van der Waals surface area (Å²) in [5, 5.41) is 32.8. The highest BCUT2D eigenvalue weighted by molar-refractivity contribution is 5.96. The molecular formula is C15H23N5O10. The lowest BCUT2D eigenvalue weighted by Crippen LogP contribution is -2.57. The van der Waals surface area contributed by atoms with Crippen LogP contribution in [0, 0.1) is 0 Å². The molecule has 0 aromatic carbocycles. The fourth-order valence-corrected chi connectivity index (χ4v) is 2.11. The van der Waals surface area contributed by atoms with Crippen molar-refractivity contribution < 1.29 is 48.9 Å². The number of hydrogen-bond acceptors (Lipinski definition) is 8. The maximum absolute atomic E-state index is 12.3. The van der Waals surface area contributed by atoms with Crippen LogP contribution in [0.2, 0.25) is 0 Å². The van der Waals surface area contributed by atoms with Crippen LogP contribution in [0.5, 0.6) is 0 Å². The molecule has 10 N–H and O–H groups in total. The van der Waals surface area contributed by atoms with E-state index in [1.54, 1.807) is 0 Å². The first-order chi connectivity index (χ1) is 13.9. The highest BCUT2D eigenvalue weighted by Gasteiger charge is 2.31. The van der Waals surface area contributed by atoms with Crippen molar-refractivity contribution in [2.24, 2.45) is 11.5 Å². The summed E-state index contributed by atoms with van der Waals surface area (Å²) in [6, 6.07) is -5.09. The van der Waals surface area contributed by atoms with Gasteiger partial charge in [0.15, 0.2) is 0 Å². The molecule has 0 aliphatic rings. The standard InChI is InChI=1S/C15H23N5O10/c16-5-10(22)18-7(3-11(23)24)13(27)20-8(4-12(25)26)14(28)19-6(15(29)30)1-2-9(17)21/h6-8H,1-5,16H2,(H2,17,21)(H,18,22)(H,19,28)(H,20,27)(H,23,24)(H,25,26)(H,29,30). The number of primary amides is 1. The monoisotopic (exact) mass is 433 g/mol. The molecule has 0 aliphatic heterocycles. The molecule has 15 nitrogen and oxygen atoms in total. The molecule has 0 radical (unpaired) electrons. The number of rotatable bonds is 14. The maximum Gasteiger partial charge on any atom is 0.326 e. The number of nitrogens with one attached hydrogen (secondary N) is 3. The van der Waals surface area contributed by atoms with Crippen LogP contribution in [-0.4, -0.2) is 81.5 Å². The van der Waals surface area contributed by atoms with Gasteiger partial charge in [-0.2, -0.15) is 0 Å². The zero-order valence-electron chi connectivity index (χ0n) is 15.6. The number of nitrogens with two attached hydrogens (primary N) is 2. The molecule has 15 heteroatoms. The second-order valence-corrected chi connectivity index (χ2v) is 5.99. The van der Waals surface area contributed by atoms with E-state index in [-0.39, 0.29) is 6.42 Å². The Hall–Kier alpha value is -3.75. The van der Waals surface area contributed by atoms with E-state index in [9.17, 15) is 33.6 Å². The van der Waals surface area contributed by atoms with Crippen LogP contribution in [0.25, 0.3) is 0 Å². The van der Waals surface area contributed by atoms with Crippen LogP contribution in [-0.2, 0) is 33.6 Å². The summed E-state index contributed by atoms with van der Waals surface area (Å²) >= 11 is 0. The van der Waals surface area contributed by atoms with E-state index >= 15 is 0 Å². The van der Waals surface area contributed by atoms with E-state index in [2.05, 4.69) is 0 Å². The van der Waals surface area contributed by atoms with Crippen LogP contribution < -0.4 is 27.4 Å². The summed E-state index contributed by atoms with van der Waals surface area (Å²) in [5.41, 5.74) is 9.99. The Morgan fingerprint density at radius 3 is 1.53 bits per heavy atom. The lowest BCUT2D eigenvalue weighted by atomic mass is 10.1. The van der Waals surface area contributed by atoms with Crippen molar-refractivity contribution in [3.8, 4) is 0 Å². The number of hydrogen-bond donors (Lipinski definition) is 8. The van der Waals surface area contributed by atoms with Gasteiger partial charge in [0.2, 0.25) is 23.6 Å². The van der Waals surface area contributed by atoms with E-state index in [0.717, 1.165) is 0 Å². The first-order valence-corrected chi connectivity index (χ1v) is 8.42. The Labute approximate surface area is 169 Å². The second kappa shape index (κ2) is 12.7. The van der Waals surface area contributed by atoms with Crippen LogP contribution in [0.15, 0.2) is 0 Å². The molecule has 168 valence electrons. The highest BCUT2D eigenvalue weighted by atomic mass is 16.4. The molecule has 4 amide bonds. The number of carbonyl (C=O) groups is 7. The summed E-state index contributed by atoms with van der Waals surface area (Å²) in [6.45, 7) is -0.567. The van der Waals surface area contributed by atoms with Gasteiger partial charge in [0, 0.05) is 6.42 Å². The Morgan fingerprint density at radius 1 is 0.733 bits per heavy atom. The van der Waals surface area contributed by atoms with Crippen LogP contribution in [0.1, 0.15) is 25.7 Å². The third-order valence-corrected chi connectivity index (χ3v) is 3.52. The fourth-order valence-electron chi connectivity index (χ4n) is 2.11. The molecule has 0 spiro atoms. The van der Waals surface area contributed by atoms with Crippen molar-refractivity contribution in [3.05, 3.63) is 0 Å². The van der Waals surface area contributed by atoms with Gasteiger partial charge in [0.1, 0.15) is 18.1 Å². The van der Waals surface area contributed by atoms with Crippen LogP contribution in [0.4, 0.5) is 0 Å². The average molecular weight is 433 g/mol. The van der Waals surface area contributed by atoms with E-state index < -0.39 is 85.5 Å². The SMILES string of the molecule is NCC(=O)NC(CC(=O)O)C(=O)NC(CC(=O)O)C(=O)NC(CCC(N)=O)C(=O)O. The summed E-state index contributed by atoms with van der Waals surface area (Å²) < 4.78 is 0. The van der Waals surface area contributed by atoms with Crippen molar-refractivity contribution in [2.75, 3.05) is 6.54 Å². The molecule has 0 aromatic heterocycles. The lowest BCUT2D eigenvalue weighted by Gasteiger charge is -2.23. The summed E-state index contributed by atoms with van der Waals surface area (Å²) in [6.07, 6.45) is -2.66. The van der Waals surface area contributed by atoms with Crippen molar-refractivity contribution in [1.29, 1.82) is 0 Å². The van der Waals surface area contributed by atoms with Gasteiger partial charge in [-0.15, -0.1) is 0 Å². The van der Waals surface area contributed by atoms with Crippen molar-refractivity contribution in [1.82, 2.24) is 16.0 Å². The Balaban J connectivity index is 5.41. The number of carboxylic acids is 3. The van der Waals surface area contributed by atoms with Crippen LogP contribution >= 0.6 is 0 Å². The summed E-state index contributed by atoms with van der Waals surface area (Å²) in [7, 11) is 0. The normalized spacial score (nSPS) is 13.2. The van der Waals surface area contributed by atoms with Gasteiger partial charge in [-0.1, -0.05) is 0 Å². The Morgan fingerprint density at radius 2 is 1.17 bits per heavy atom. The van der Waals surface area contributed by atoms with Gasteiger partial charge in [0.25, 0.3) is 0 Å². The largest absolute Gasteiger partial charge is 0.481 e. The van der Waals surface area contributed by atoms with Gasteiger partial charge in [0.05, 0.1) is 19.4 Å². The first-order valence-electron chi connectivity index (χ1n) is 8.42. The van der Waals surface area contributed by atoms with E-state index in [0.29, 0.717) is 0 Å². The molecule has 0 rings (SSSR count). The summed E-state index contributed by atoms with van der Waals surface area (Å²) in [5.74, 6) is -8.70. The van der Waals surface area contributed by atoms with Gasteiger partial charge in [-0.25, -0.2) is 4.79 Å². The van der Waals surface area contributed by atoms with Crippen molar-refractivity contribution in [2.45, 2.75) is 43.8 Å². The molecule has 0 fully saturated rings. The van der Waals surface area contributed by atoms with E-state index in [4.69, 9.17) is 26.8 Å². The second-order valence-electron chi connectivity index (χ2n) is 5.99. The molecule has 3 unspecified atom stereocenters. The van der Waals surface area contributed by atoms with Gasteiger partial charge >= 0.3 is 17.9 Å². The van der Waals surface area contributed by atoms with E-state index in [1.165, 1.54) is 0 Å². The van der Waals surface area contributed by atoms with Crippen LogP contribution in [0.3, 0.4) is 0 Å². The quantitative estimate of drug-likeness (QED) is 0.130. The molecule has 0 saturated heterocycles. The van der Waals surface area contributed by atoms with Crippen molar-refractivity contribution in [3.63, 3.8) is 0 Å². The average Bonchev–Trinajstić information content (AvgIpc) is 2.62. The molecule has 0 saturated carbocycles. The molecule has 3 atom stereocenters. The first kappa shape index (κ1) is 26.2. The lowest BCUT2D eigenvalue weighted by molar-refractivity contribution is -0.145. The molecule has 0 aromatic rings. The Kier molecular flexibility index (Phi) is 11.1. The zero-order valence-corrected chi connectivity index (χ0v) is 15.6. The maximum atomic E-state index is 12.3. The minimum atomic E-state index is -1.81. The minimum Gasteiger partial charge on any atom is -0.481 e. The zero-order chi connectivity index (χ0) is 23.4. The van der Waals surface area contributed by atoms with Gasteiger partial charge in [-0.3, -0.25) is 28.8 Å². The number of carboxylic acid groups (broad SMARTS) is 3. The molecular weight excluding hydrogens is 410 g/mol. The number of carbonyl (C=O) groups excluding carboxylic acids is 4. The fraction of sp³-hybridized carbons (Fsp3) is 0.533. The van der Waals surface area contributed by atoms with Crippen molar-refractivity contribution >= 4 is 41.5 Å². The predicted molar refractivity (Wildman–Crippen MR) is 95.4 cm³/mol. The molecule has 0 aliphatic carbocycles. The summed E-state index contributed by atoms with van der Waals surface area (Å²) in [4.78, 5) is 79.9. The molecule has 0 bridgehead atoms.